The molecular formula is C16H18ClN5O3. The zero-order valence-electron chi connectivity index (χ0n) is 13.5. The first-order valence-corrected chi connectivity index (χ1v) is 8.35. The Balaban J connectivity index is 1.62. The van der Waals surface area contributed by atoms with Gasteiger partial charge in [0.25, 0.3) is 11.5 Å². The van der Waals surface area contributed by atoms with Crippen LogP contribution in [0.1, 0.15) is 16.8 Å². The first-order valence-electron chi connectivity index (χ1n) is 7.97. The molecule has 0 spiro atoms. The molecule has 0 aliphatic carbocycles. The number of amides is 2. The Kier molecular flexibility index (Phi) is 5.18. The first-order chi connectivity index (χ1) is 12.0. The molecule has 25 heavy (non-hydrogen) atoms. The van der Waals surface area contributed by atoms with Crippen LogP contribution in [0.3, 0.4) is 0 Å². The van der Waals surface area contributed by atoms with Crippen molar-refractivity contribution < 1.29 is 9.59 Å². The number of nitrogens with one attached hydrogen (secondary N) is 1. The van der Waals surface area contributed by atoms with Crippen molar-refractivity contribution in [3.63, 3.8) is 0 Å². The lowest BCUT2D eigenvalue weighted by Crippen LogP contribution is -2.38. The molecule has 0 unspecified atom stereocenters. The van der Waals surface area contributed by atoms with Crippen LogP contribution in [0.4, 0.5) is 0 Å². The normalized spacial score (nSPS) is 15.1. The minimum Gasteiger partial charge on any atom is -0.339 e. The van der Waals surface area contributed by atoms with Crippen molar-refractivity contribution in [2.75, 3.05) is 26.2 Å². The van der Waals surface area contributed by atoms with Gasteiger partial charge < -0.3 is 14.8 Å². The topological polar surface area (TPSA) is 91.3 Å². The average molecular weight is 364 g/mol. The van der Waals surface area contributed by atoms with Crippen LogP contribution in [0.25, 0.3) is 0 Å². The Morgan fingerprint density at radius 3 is 2.68 bits per heavy atom. The molecule has 1 saturated heterocycles. The van der Waals surface area contributed by atoms with Gasteiger partial charge in [-0.3, -0.25) is 19.1 Å². The van der Waals surface area contributed by atoms with Gasteiger partial charge in [0.15, 0.2) is 0 Å². The van der Waals surface area contributed by atoms with E-state index in [9.17, 15) is 14.4 Å². The zero-order valence-corrected chi connectivity index (χ0v) is 14.3. The summed E-state index contributed by atoms with van der Waals surface area (Å²) >= 11 is 5.79. The van der Waals surface area contributed by atoms with E-state index in [2.05, 4.69) is 10.1 Å². The van der Waals surface area contributed by atoms with E-state index in [0.29, 0.717) is 38.2 Å². The molecule has 1 aliphatic heterocycles. The van der Waals surface area contributed by atoms with E-state index in [1.165, 1.54) is 12.3 Å². The summed E-state index contributed by atoms with van der Waals surface area (Å²) in [5, 5.41) is 4.02. The van der Waals surface area contributed by atoms with Crippen LogP contribution in [0.2, 0.25) is 5.02 Å². The van der Waals surface area contributed by atoms with Crippen LogP contribution >= 0.6 is 11.6 Å². The number of rotatable bonds is 3. The smallest absolute Gasteiger partial charge is 0.266 e. The molecule has 132 valence electrons. The van der Waals surface area contributed by atoms with E-state index >= 15 is 0 Å². The molecule has 3 rings (SSSR count). The fourth-order valence-electron chi connectivity index (χ4n) is 2.76. The number of aromatic nitrogens is 3. The second kappa shape index (κ2) is 7.52. The number of carbonyl (C=O) groups is 2. The Labute approximate surface area is 149 Å². The lowest BCUT2D eigenvalue weighted by atomic mass is 10.2. The number of aromatic amines is 1. The third kappa shape index (κ3) is 4.08. The number of nitrogens with zero attached hydrogens (tertiary/aromatic N) is 4. The van der Waals surface area contributed by atoms with E-state index in [0.717, 1.165) is 0 Å². The summed E-state index contributed by atoms with van der Waals surface area (Å²) in [5.74, 6) is -0.232. The maximum atomic E-state index is 12.6. The summed E-state index contributed by atoms with van der Waals surface area (Å²) in [4.78, 5) is 42.1. The molecule has 1 fully saturated rings. The maximum absolute atomic E-state index is 12.6. The molecule has 2 amide bonds. The Morgan fingerprint density at radius 1 is 1.20 bits per heavy atom. The molecule has 0 radical (unpaired) electrons. The Hall–Kier alpha value is -2.61. The third-order valence-corrected chi connectivity index (χ3v) is 4.38. The molecule has 1 aliphatic rings. The lowest BCUT2D eigenvalue weighted by Gasteiger charge is -2.22. The number of hydrogen-bond acceptors (Lipinski definition) is 4. The minimum atomic E-state index is -0.426. The van der Waals surface area contributed by atoms with Crippen molar-refractivity contribution in [1.82, 2.24) is 24.6 Å². The summed E-state index contributed by atoms with van der Waals surface area (Å²) in [5.41, 5.74) is -0.0922. The second-order valence-corrected chi connectivity index (χ2v) is 6.20. The monoisotopic (exact) mass is 363 g/mol. The summed E-state index contributed by atoms with van der Waals surface area (Å²) in [6.07, 6.45) is 5.42. The van der Waals surface area contributed by atoms with Gasteiger partial charge in [0, 0.05) is 44.8 Å². The standard InChI is InChI=1S/C16H18ClN5O3/c17-13-9-12(10-18-15(13)24)16(25)21-5-2-4-20(7-8-21)14(23)11-22-6-1-3-19-22/h1,3,6,9-10H,2,4-5,7-8,11H2,(H,18,24). The molecular weight excluding hydrogens is 346 g/mol. The molecule has 9 heteroatoms. The molecule has 1 N–H and O–H groups in total. The van der Waals surface area contributed by atoms with Gasteiger partial charge in [0.05, 0.1) is 5.56 Å². The van der Waals surface area contributed by atoms with Gasteiger partial charge in [-0.25, -0.2) is 0 Å². The van der Waals surface area contributed by atoms with E-state index in [1.807, 2.05) is 0 Å². The van der Waals surface area contributed by atoms with E-state index in [-0.39, 0.29) is 23.4 Å². The highest BCUT2D eigenvalue weighted by Gasteiger charge is 2.23. The van der Waals surface area contributed by atoms with Gasteiger partial charge in [-0.15, -0.1) is 0 Å². The quantitative estimate of drug-likeness (QED) is 0.864. The molecule has 3 heterocycles. The predicted molar refractivity (Wildman–Crippen MR) is 91.4 cm³/mol. The van der Waals surface area contributed by atoms with E-state index in [4.69, 9.17) is 11.6 Å². The maximum Gasteiger partial charge on any atom is 0.266 e. The molecule has 2 aromatic rings. The zero-order chi connectivity index (χ0) is 17.8. The number of carbonyl (C=O) groups excluding carboxylic acids is 2. The first kappa shape index (κ1) is 17.2. The summed E-state index contributed by atoms with van der Waals surface area (Å²) in [6.45, 7) is 2.22. The number of halogens is 1. The fourth-order valence-corrected chi connectivity index (χ4v) is 2.94. The van der Waals surface area contributed by atoms with Crippen molar-refractivity contribution in [2.45, 2.75) is 13.0 Å². The van der Waals surface area contributed by atoms with E-state index < -0.39 is 5.56 Å². The van der Waals surface area contributed by atoms with Crippen molar-refractivity contribution in [3.8, 4) is 0 Å². The van der Waals surface area contributed by atoms with Crippen LogP contribution in [-0.4, -0.2) is 62.6 Å². The molecule has 2 aromatic heterocycles. The molecule has 0 aromatic carbocycles. The number of H-pyrrole nitrogens is 1. The van der Waals surface area contributed by atoms with Crippen molar-refractivity contribution >= 4 is 23.4 Å². The Morgan fingerprint density at radius 2 is 1.96 bits per heavy atom. The third-order valence-electron chi connectivity index (χ3n) is 4.10. The van der Waals surface area contributed by atoms with Crippen LogP contribution in [0.5, 0.6) is 0 Å². The molecule has 0 bridgehead atoms. The predicted octanol–water partition coefficient (Wildman–Crippen LogP) is 0.599. The van der Waals surface area contributed by atoms with Crippen LogP contribution in [0, 0.1) is 0 Å². The van der Waals surface area contributed by atoms with Gasteiger partial charge in [0.1, 0.15) is 11.6 Å². The van der Waals surface area contributed by atoms with E-state index in [1.54, 1.807) is 32.9 Å². The fraction of sp³-hybridized carbons (Fsp3) is 0.375. The molecule has 8 nitrogen and oxygen atoms in total. The minimum absolute atomic E-state index is 0.0169. The molecule has 0 saturated carbocycles. The second-order valence-electron chi connectivity index (χ2n) is 5.80. The summed E-state index contributed by atoms with van der Waals surface area (Å²) in [7, 11) is 0. The van der Waals surface area contributed by atoms with Gasteiger partial charge >= 0.3 is 0 Å². The van der Waals surface area contributed by atoms with Crippen LogP contribution < -0.4 is 5.56 Å². The number of hydrogen-bond donors (Lipinski definition) is 1. The van der Waals surface area contributed by atoms with Crippen molar-refractivity contribution in [3.05, 3.63) is 51.7 Å². The highest BCUT2D eigenvalue weighted by Crippen LogP contribution is 2.11. The van der Waals surface area contributed by atoms with Gasteiger partial charge in [-0.05, 0) is 18.6 Å². The summed E-state index contributed by atoms with van der Waals surface area (Å²) < 4.78 is 1.58. The average Bonchev–Trinajstić information content (AvgIpc) is 2.98. The highest BCUT2D eigenvalue weighted by molar-refractivity contribution is 6.30. The van der Waals surface area contributed by atoms with Gasteiger partial charge in [-0.2, -0.15) is 5.10 Å². The largest absolute Gasteiger partial charge is 0.339 e. The highest BCUT2D eigenvalue weighted by atomic mass is 35.5. The SMILES string of the molecule is O=C(Cn1cccn1)N1CCCN(C(=O)c2c[nH]c(=O)c(Cl)c2)CC1. The van der Waals surface area contributed by atoms with Crippen molar-refractivity contribution in [1.29, 1.82) is 0 Å². The summed E-state index contributed by atoms with van der Waals surface area (Å²) in [6, 6.07) is 3.14. The molecule has 0 atom stereocenters. The van der Waals surface area contributed by atoms with Crippen molar-refractivity contribution in [2.24, 2.45) is 0 Å². The number of pyridine rings is 1. The van der Waals surface area contributed by atoms with Gasteiger partial charge in [-0.1, -0.05) is 11.6 Å². The Bertz CT molecular complexity index is 817. The van der Waals surface area contributed by atoms with Crippen LogP contribution in [-0.2, 0) is 11.3 Å². The lowest BCUT2D eigenvalue weighted by molar-refractivity contribution is -0.131. The van der Waals surface area contributed by atoms with Gasteiger partial charge in [0.2, 0.25) is 5.91 Å². The van der Waals surface area contributed by atoms with Crippen LogP contribution in [0.15, 0.2) is 35.5 Å².